The quantitative estimate of drug-likeness (QED) is 0.285. The highest BCUT2D eigenvalue weighted by molar-refractivity contribution is 7.18. The van der Waals surface area contributed by atoms with Gasteiger partial charge < -0.3 is 14.8 Å². The van der Waals surface area contributed by atoms with Crippen LogP contribution in [-0.4, -0.2) is 47.2 Å². The molecule has 0 atom stereocenters. The number of nitrogens with zero attached hydrogens (tertiary/aromatic N) is 4. The Bertz CT molecular complexity index is 1100. The molecule has 1 N–H and O–H groups in total. The second-order valence-electron chi connectivity index (χ2n) is 6.75. The summed E-state index contributed by atoms with van der Waals surface area (Å²) in [7, 11) is 3.49. The Hall–Kier alpha value is -3.85. The molecule has 0 saturated heterocycles. The number of aldehydes is 1. The van der Waals surface area contributed by atoms with Gasteiger partial charge in [0.1, 0.15) is 10.8 Å². The largest absolute Gasteiger partial charge is 0.497 e. The summed E-state index contributed by atoms with van der Waals surface area (Å²) in [6.45, 7) is 0.597. The van der Waals surface area contributed by atoms with Crippen LogP contribution < -0.4 is 14.8 Å². The highest BCUT2D eigenvalue weighted by atomic mass is 32.1. The summed E-state index contributed by atoms with van der Waals surface area (Å²) < 4.78 is 10.6. The predicted octanol–water partition coefficient (Wildman–Crippen LogP) is 4.56. The van der Waals surface area contributed by atoms with E-state index >= 15 is 0 Å². The molecular weight excluding hydrogens is 438 g/mol. The van der Waals surface area contributed by atoms with Gasteiger partial charge >= 0.3 is 0 Å². The van der Waals surface area contributed by atoms with Crippen molar-refractivity contribution in [3.8, 4) is 22.2 Å². The molecule has 1 aromatic carbocycles. The van der Waals surface area contributed by atoms with Crippen molar-refractivity contribution < 1.29 is 14.3 Å². The van der Waals surface area contributed by atoms with Gasteiger partial charge in [-0.25, -0.2) is 4.98 Å². The monoisotopic (exact) mass is 463 g/mol. The number of benzene rings is 1. The van der Waals surface area contributed by atoms with Gasteiger partial charge in [0.05, 0.1) is 13.7 Å². The van der Waals surface area contributed by atoms with E-state index in [0.29, 0.717) is 18.1 Å². The lowest BCUT2D eigenvalue weighted by molar-refractivity contribution is 0.112. The Morgan fingerprint density at radius 3 is 2.42 bits per heavy atom. The van der Waals surface area contributed by atoms with Crippen LogP contribution in [0.2, 0.25) is 0 Å². The Balaban J connectivity index is 0.000000203. The molecule has 3 aromatic heterocycles. The van der Waals surface area contributed by atoms with Gasteiger partial charge in [-0.15, -0.1) is 10.2 Å². The van der Waals surface area contributed by atoms with Gasteiger partial charge in [0.25, 0.3) is 0 Å². The number of anilines is 1. The van der Waals surface area contributed by atoms with Crippen molar-refractivity contribution in [2.24, 2.45) is 0 Å². The molecule has 33 heavy (non-hydrogen) atoms. The molecule has 0 aliphatic heterocycles. The van der Waals surface area contributed by atoms with E-state index in [0.717, 1.165) is 40.6 Å². The molecule has 0 aliphatic rings. The zero-order valence-corrected chi connectivity index (χ0v) is 19.3. The van der Waals surface area contributed by atoms with Crippen molar-refractivity contribution in [3.05, 3.63) is 78.2 Å². The smallest absolute Gasteiger partial charge is 0.213 e. The van der Waals surface area contributed by atoms with E-state index in [1.165, 1.54) is 23.1 Å². The third-order valence-corrected chi connectivity index (χ3v) is 5.47. The second-order valence-corrected chi connectivity index (χ2v) is 7.72. The first-order valence-electron chi connectivity index (χ1n) is 10.3. The van der Waals surface area contributed by atoms with Crippen LogP contribution in [0.15, 0.2) is 67.1 Å². The lowest BCUT2D eigenvalue weighted by Gasteiger charge is -2.06. The van der Waals surface area contributed by atoms with Crippen LogP contribution in [0.5, 0.6) is 11.6 Å². The number of nitrogens with one attached hydrogen (secondary N) is 1. The average molecular weight is 464 g/mol. The molecule has 0 amide bonds. The molecule has 4 aromatic rings. The fourth-order valence-electron chi connectivity index (χ4n) is 2.73. The van der Waals surface area contributed by atoms with Gasteiger partial charge in [0.15, 0.2) is 6.29 Å². The molecule has 0 bridgehead atoms. The van der Waals surface area contributed by atoms with E-state index in [-0.39, 0.29) is 0 Å². The Labute approximate surface area is 196 Å². The van der Waals surface area contributed by atoms with E-state index in [2.05, 4.69) is 37.6 Å². The van der Waals surface area contributed by atoms with Gasteiger partial charge in [0, 0.05) is 42.8 Å². The predicted molar refractivity (Wildman–Crippen MR) is 129 cm³/mol. The van der Waals surface area contributed by atoms with Gasteiger partial charge in [-0.1, -0.05) is 23.5 Å². The normalized spacial score (nSPS) is 10.0. The summed E-state index contributed by atoms with van der Waals surface area (Å²) in [5, 5.41) is 12.7. The number of hydrogen-bond acceptors (Lipinski definition) is 9. The van der Waals surface area contributed by atoms with E-state index in [1.807, 2.05) is 31.3 Å². The second kappa shape index (κ2) is 12.9. The maximum absolute atomic E-state index is 10.5. The van der Waals surface area contributed by atoms with E-state index in [9.17, 15) is 4.79 Å². The molecule has 8 nitrogen and oxygen atoms in total. The van der Waals surface area contributed by atoms with Crippen LogP contribution >= 0.6 is 11.3 Å². The van der Waals surface area contributed by atoms with Crippen molar-refractivity contribution >= 4 is 22.8 Å². The molecule has 4 rings (SSSR count). The Kier molecular flexibility index (Phi) is 9.29. The molecule has 0 unspecified atom stereocenters. The summed E-state index contributed by atoms with van der Waals surface area (Å²) >= 11 is 1.52. The number of carbonyl (C=O) groups is 1. The van der Waals surface area contributed by atoms with Crippen LogP contribution in [0.3, 0.4) is 0 Å². The molecule has 0 aliphatic carbocycles. The first-order chi connectivity index (χ1) is 16.2. The number of hydrogen-bond donors (Lipinski definition) is 1. The fraction of sp³-hybridized carbons (Fsp3) is 0.208. The third kappa shape index (κ3) is 7.65. The Morgan fingerprint density at radius 1 is 1.03 bits per heavy atom. The van der Waals surface area contributed by atoms with Crippen molar-refractivity contribution in [3.63, 3.8) is 0 Å². The highest BCUT2D eigenvalue weighted by Crippen LogP contribution is 2.24. The van der Waals surface area contributed by atoms with Crippen LogP contribution in [0, 0.1) is 0 Å². The molecule has 3 heterocycles. The number of pyridine rings is 2. The highest BCUT2D eigenvalue weighted by Gasteiger charge is 2.03. The number of aromatic nitrogens is 4. The van der Waals surface area contributed by atoms with E-state index < -0.39 is 0 Å². The number of ether oxygens (including phenoxy) is 2. The molecule has 0 fully saturated rings. The molecular formula is C24H25N5O3S. The summed E-state index contributed by atoms with van der Waals surface area (Å²) in [6, 6.07) is 15.2. The van der Waals surface area contributed by atoms with Crippen molar-refractivity contribution in [2.45, 2.75) is 12.8 Å². The van der Waals surface area contributed by atoms with Crippen LogP contribution in [-0.2, 0) is 6.42 Å². The lowest BCUT2D eigenvalue weighted by atomic mass is 10.1. The first-order valence-corrected chi connectivity index (χ1v) is 11.1. The standard InChI is InChI=1S/C16H17NO3.C8H8N4S/c1-19-15-7-4-13(5-8-15)3-2-10-20-16-9-6-14(12-18)11-17-16;1-9-8-12-11-7(13-8)6-2-4-10-5-3-6/h4-9,11-12H,2-3,10H2,1H3;2-5H,1H3,(H,9,12). The minimum Gasteiger partial charge on any atom is -0.497 e. The van der Waals surface area contributed by atoms with Crippen LogP contribution in [0.25, 0.3) is 10.6 Å². The fourth-order valence-corrected chi connectivity index (χ4v) is 3.43. The average Bonchev–Trinajstić information content (AvgIpc) is 3.38. The zero-order valence-electron chi connectivity index (χ0n) is 18.5. The minimum atomic E-state index is 0.547. The van der Waals surface area contributed by atoms with Crippen LogP contribution in [0.1, 0.15) is 22.3 Å². The number of methoxy groups -OCH3 is 1. The number of aryl methyl sites for hydroxylation is 1. The number of rotatable bonds is 9. The minimum absolute atomic E-state index is 0.547. The van der Waals surface area contributed by atoms with Gasteiger partial charge in [-0.05, 0) is 48.7 Å². The molecule has 9 heteroatoms. The summed E-state index contributed by atoms with van der Waals surface area (Å²) in [6.07, 6.45) is 7.61. The molecule has 0 spiro atoms. The maximum Gasteiger partial charge on any atom is 0.213 e. The zero-order chi connectivity index (χ0) is 23.3. The number of carbonyl (C=O) groups excluding carboxylic acids is 1. The van der Waals surface area contributed by atoms with Gasteiger partial charge in [-0.3, -0.25) is 9.78 Å². The molecule has 0 radical (unpaired) electrons. The van der Waals surface area contributed by atoms with Crippen molar-refractivity contribution in [1.82, 2.24) is 20.2 Å². The van der Waals surface area contributed by atoms with E-state index in [1.54, 1.807) is 31.6 Å². The molecule has 0 saturated carbocycles. The summed E-state index contributed by atoms with van der Waals surface area (Å²) in [4.78, 5) is 18.5. The maximum atomic E-state index is 10.5. The van der Waals surface area contributed by atoms with Crippen molar-refractivity contribution in [1.29, 1.82) is 0 Å². The lowest BCUT2D eigenvalue weighted by Crippen LogP contribution is -2.01. The topological polar surface area (TPSA) is 99.1 Å². The van der Waals surface area contributed by atoms with Crippen molar-refractivity contribution in [2.75, 3.05) is 26.1 Å². The summed E-state index contributed by atoms with van der Waals surface area (Å²) in [5.74, 6) is 1.41. The summed E-state index contributed by atoms with van der Waals surface area (Å²) in [5.41, 5.74) is 2.85. The van der Waals surface area contributed by atoms with E-state index in [4.69, 9.17) is 9.47 Å². The van der Waals surface area contributed by atoms with Crippen LogP contribution in [0.4, 0.5) is 5.13 Å². The third-order valence-electron chi connectivity index (χ3n) is 4.48. The van der Waals surface area contributed by atoms with Gasteiger partial charge in [-0.2, -0.15) is 0 Å². The first kappa shape index (κ1) is 23.8. The van der Waals surface area contributed by atoms with Gasteiger partial charge in [0.2, 0.25) is 11.0 Å². The molecule has 170 valence electrons. The Morgan fingerprint density at radius 2 is 1.82 bits per heavy atom. The SMILES string of the molecule is CNc1nnc(-c2ccncc2)s1.COc1ccc(CCCOc2ccc(C=O)cn2)cc1.